The third kappa shape index (κ3) is 3.82. The van der Waals surface area contributed by atoms with Crippen LogP contribution in [0.5, 0.6) is 0 Å². The summed E-state index contributed by atoms with van der Waals surface area (Å²) < 4.78 is 1.11. The Labute approximate surface area is 129 Å². The van der Waals surface area contributed by atoms with Crippen LogP contribution in [0.25, 0.3) is 0 Å². The Morgan fingerprint density at radius 3 is 2.39 bits per heavy atom. The molecule has 8 nitrogen and oxygen atoms in total. The molecule has 0 aliphatic carbocycles. The van der Waals surface area contributed by atoms with E-state index in [1.165, 1.54) is 0 Å². The van der Waals surface area contributed by atoms with Crippen molar-refractivity contribution in [1.82, 2.24) is 9.55 Å². The number of rotatable bonds is 5. The van der Waals surface area contributed by atoms with Gasteiger partial charge < -0.3 is 10.2 Å². The number of aliphatic hydroxyl groups excluding tert-OH is 1. The second kappa shape index (κ2) is 6.56. The van der Waals surface area contributed by atoms with E-state index in [4.69, 9.17) is 10.2 Å². The van der Waals surface area contributed by atoms with Gasteiger partial charge in [-0.25, -0.2) is 9.59 Å². The van der Waals surface area contributed by atoms with Crippen molar-refractivity contribution in [2.45, 2.75) is 6.54 Å². The quantitative estimate of drug-likeness (QED) is 0.413. The summed E-state index contributed by atoms with van der Waals surface area (Å²) in [5.74, 6) is -3.92. The number of carbonyl (C=O) groups excluding carboxylic acids is 1. The summed E-state index contributed by atoms with van der Waals surface area (Å²) in [5.41, 5.74) is -1.35. The molecule has 0 radical (unpaired) electrons. The van der Waals surface area contributed by atoms with E-state index in [0.717, 1.165) is 16.3 Å². The van der Waals surface area contributed by atoms with Crippen molar-refractivity contribution < 1.29 is 19.8 Å². The molecule has 0 fully saturated rings. The van der Waals surface area contributed by atoms with Crippen LogP contribution in [0.1, 0.15) is 15.9 Å². The summed E-state index contributed by atoms with van der Waals surface area (Å²) in [7, 11) is 0. The summed E-state index contributed by atoms with van der Waals surface area (Å²) in [4.78, 5) is 47.8. The molecule has 0 saturated carbocycles. The average molecular weight is 316 g/mol. The molecular formula is C15H12N2O6. The summed E-state index contributed by atoms with van der Waals surface area (Å²) in [6.07, 6.45) is 1.44. The van der Waals surface area contributed by atoms with Gasteiger partial charge in [-0.2, -0.15) is 0 Å². The Balaban J connectivity index is 2.43. The summed E-state index contributed by atoms with van der Waals surface area (Å²) >= 11 is 0. The molecule has 0 atom stereocenters. The summed E-state index contributed by atoms with van der Waals surface area (Å²) in [5, 5.41) is 17.6. The van der Waals surface area contributed by atoms with Gasteiger partial charge >= 0.3 is 11.7 Å². The number of aliphatic hydroxyl groups is 1. The maximum absolute atomic E-state index is 11.9. The SMILES string of the molecule is O=C(O)/C(O)=C/C(=O)c1cn(Cc2ccccc2)c(=O)[nH]c1=O. The zero-order valence-electron chi connectivity index (χ0n) is 11.7. The van der Waals surface area contributed by atoms with Gasteiger partial charge in [-0.3, -0.25) is 19.1 Å². The maximum atomic E-state index is 11.9. The topological polar surface area (TPSA) is 129 Å². The molecule has 2 rings (SSSR count). The number of ketones is 1. The Morgan fingerprint density at radius 1 is 1.13 bits per heavy atom. The molecule has 23 heavy (non-hydrogen) atoms. The number of benzene rings is 1. The molecule has 0 bridgehead atoms. The molecule has 118 valence electrons. The number of nitrogens with zero attached hydrogens (tertiary/aromatic N) is 1. The van der Waals surface area contributed by atoms with Crippen LogP contribution >= 0.6 is 0 Å². The lowest BCUT2D eigenvalue weighted by atomic mass is 10.2. The van der Waals surface area contributed by atoms with Crippen molar-refractivity contribution in [1.29, 1.82) is 0 Å². The van der Waals surface area contributed by atoms with Gasteiger partial charge in [-0.15, -0.1) is 0 Å². The predicted molar refractivity (Wildman–Crippen MR) is 79.5 cm³/mol. The molecule has 8 heteroatoms. The van der Waals surface area contributed by atoms with Gasteiger partial charge in [-0.05, 0) is 5.56 Å². The van der Waals surface area contributed by atoms with E-state index in [1.807, 2.05) is 4.98 Å². The van der Waals surface area contributed by atoms with Gasteiger partial charge in [0.2, 0.25) is 5.76 Å². The highest BCUT2D eigenvalue weighted by atomic mass is 16.4. The van der Waals surface area contributed by atoms with E-state index in [1.54, 1.807) is 30.3 Å². The lowest BCUT2D eigenvalue weighted by molar-refractivity contribution is -0.135. The highest BCUT2D eigenvalue weighted by Gasteiger charge is 2.14. The van der Waals surface area contributed by atoms with E-state index in [9.17, 15) is 19.2 Å². The third-order valence-corrected chi connectivity index (χ3v) is 2.96. The second-order valence-electron chi connectivity index (χ2n) is 4.61. The molecule has 1 aromatic heterocycles. The summed E-state index contributed by atoms with van der Waals surface area (Å²) in [6.45, 7) is 0.116. The van der Waals surface area contributed by atoms with Crippen LogP contribution in [-0.2, 0) is 11.3 Å². The first-order chi connectivity index (χ1) is 10.9. The van der Waals surface area contributed by atoms with Gasteiger partial charge in [-0.1, -0.05) is 30.3 Å². The molecular weight excluding hydrogens is 304 g/mol. The van der Waals surface area contributed by atoms with Crippen molar-refractivity contribution in [3.63, 3.8) is 0 Å². The highest BCUT2D eigenvalue weighted by Crippen LogP contribution is 2.02. The first-order valence-corrected chi connectivity index (χ1v) is 6.44. The van der Waals surface area contributed by atoms with Crippen LogP contribution < -0.4 is 11.2 Å². The van der Waals surface area contributed by atoms with Crippen LogP contribution in [0.2, 0.25) is 0 Å². The number of carbonyl (C=O) groups is 2. The molecule has 3 N–H and O–H groups in total. The summed E-state index contributed by atoms with van der Waals surface area (Å²) in [6, 6.07) is 8.86. The van der Waals surface area contributed by atoms with E-state index < -0.39 is 34.3 Å². The highest BCUT2D eigenvalue weighted by molar-refractivity contribution is 6.07. The number of aromatic nitrogens is 2. The number of aromatic amines is 1. The fourth-order valence-corrected chi connectivity index (χ4v) is 1.85. The molecule has 0 amide bonds. The number of H-pyrrole nitrogens is 1. The van der Waals surface area contributed by atoms with Gasteiger partial charge in [0.05, 0.1) is 6.54 Å². The number of carboxylic acid groups (broad SMARTS) is 1. The van der Waals surface area contributed by atoms with Crippen LogP contribution in [0.3, 0.4) is 0 Å². The molecule has 1 aromatic carbocycles. The number of hydrogen-bond donors (Lipinski definition) is 3. The number of hydrogen-bond acceptors (Lipinski definition) is 5. The lowest BCUT2D eigenvalue weighted by Crippen LogP contribution is -2.33. The van der Waals surface area contributed by atoms with Gasteiger partial charge in [0.1, 0.15) is 5.56 Å². The minimum Gasteiger partial charge on any atom is -0.502 e. The zero-order valence-corrected chi connectivity index (χ0v) is 11.7. The van der Waals surface area contributed by atoms with Crippen LogP contribution in [0.4, 0.5) is 0 Å². The smallest absolute Gasteiger partial charge is 0.371 e. The fourth-order valence-electron chi connectivity index (χ4n) is 1.85. The van der Waals surface area contributed by atoms with Gasteiger partial charge in [0.25, 0.3) is 5.56 Å². The largest absolute Gasteiger partial charge is 0.502 e. The Bertz CT molecular complexity index is 892. The van der Waals surface area contributed by atoms with Gasteiger partial charge in [0.15, 0.2) is 5.78 Å². The predicted octanol–water partition coefficient (Wildman–Crippen LogP) is 0.294. The third-order valence-electron chi connectivity index (χ3n) is 2.96. The maximum Gasteiger partial charge on any atom is 0.371 e. The Morgan fingerprint density at radius 2 is 1.78 bits per heavy atom. The van der Waals surface area contributed by atoms with E-state index in [2.05, 4.69) is 0 Å². The Kier molecular flexibility index (Phi) is 4.55. The number of allylic oxidation sites excluding steroid dienone is 1. The number of carboxylic acids is 1. The van der Waals surface area contributed by atoms with Crippen molar-refractivity contribution in [3.05, 3.63) is 80.3 Å². The van der Waals surface area contributed by atoms with Crippen LogP contribution in [-0.4, -0.2) is 31.5 Å². The number of nitrogens with one attached hydrogen (secondary N) is 1. The van der Waals surface area contributed by atoms with Crippen LogP contribution in [0, 0.1) is 0 Å². The lowest BCUT2D eigenvalue weighted by Gasteiger charge is -2.06. The molecule has 0 unspecified atom stereocenters. The standard InChI is InChI=1S/C15H12N2O6/c18-11(6-12(19)14(21)22)10-8-17(15(23)16-13(10)20)7-9-4-2-1-3-5-9/h1-6,8,19H,7H2,(H,21,22)(H,16,20,23)/b12-6-. The molecule has 0 aliphatic heterocycles. The fraction of sp³-hybridized carbons (Fsp3) is 0.0667. The molecule has 2 aromatic rings. The van der Waals surface area contributed by atoms with Gasteiger partial charge in [0, 0.05) is 12.3 Å². The van der Waals surface area contributed by atoms with Crippen molar-refractivity contribution in [3.8, 4) is 0 Å². The average Bonchev–Trinajstić information content (AvgIpc) is 2.50. The monoisotopic (exact) mass is 316 g/mol. The first kappa shape index (κ1) is 16.0. The Hall–Kier alpha value is -3.42. The second-order valence-corrected chi connectivity index (χ2v) is 4.61. The molecule has 1 heterocycles. The first-order valence-electron chi connectivity index (χ1n) is 6.44. The molecule has 0 spiro atoms. The number of aliphatic carboxylic acids is 1. The minimum absolute atomic E-state index is 0.116. The normalized spacial score (nSPS) is 11.2. The van der Waals surface area contributed by atoms with E-state index in [-0.39, 0.29) is 6.54 Å². The van der Waals surface area contributed by atoms with E-state index >= 15 is 0 Å². The van der Waals surface area contributed by atoms with E-state index in [0.29, 0.717) is 6.08 Å². The van der Waals surface area contributed by atoms with Crippen molar-refractivity contribution in [2.75, 3.05) is 0 Å². The zero-order chi connectivity index (χ0) is 17.0. The van der Waals surface area contributed by atoms with Crippen molar-refractivity contribution in [2.24, 2.45) is 0 Å². The van der Waals surface area contributed by atoms with Crippen LogP contribution in [0.15, 0.2) is 58.0 Å². The minimum atomic E-state index is -1.70. The molecule has 0 saturated heterocycles. The van der Waals surface area contributed by atoms with Crippen molar-refractivity contribution >= 4 is 11.8 Å². The molecule has 0 aliphatic rings.